The van der Waals surface area contributed by atoms with E-state index in [1.807, 2.05) is 32.0 Å². The summed E-state index contributed by atoms with van der Waals surface area (Å²) in [6.45, 7) is 5.06. The number of fused-ring (bicyclic) bond motifs is 1. The van der Waals surface area contributed by atoms with Crippen LogP contribution in [0.5, 0.6) is 0 Å². The minimum atomic E-state index is -1.02. The molecule has 0 atom stereocenters. The molecule has 1 fully saturated rings. The summed E-state index contributed by atoms with van der Waals surface area (Å²) in [6, 6.07) is 11.6. The van der Waals surface area contributed by atoms with Crippen molar-refractivity contribution in [2.45, 2.75) is 20.4 Å². The van der Waals surface area contributed by atoms with Gasteiger partial charge in [0.05, 0.1) is 5.69 Å². The molecule has 0 aliphatic carbocycles. The molecule has 9 heteroatoms. The zero-order valence-corrected chi connectivity index (χ0v) is 18.7. The van der Waals surface area contributed by atoms with E-state index < -0.39 is 23.7 Å². The molecule has 0 radical (unpaired) electrons. The summed E-state index contributed by atoms with van der Waals surface area (Å²) in [4.78, 5) is 53.0. The number of barbiturate groups is 1. The van der Waals surface area contributed by atoms with Crippen molar-refractivity contribution in [1.29, 1.82) is 0 Å². The third-order valence-corrected chi connectivity index (χ3v) is 5.74. The highest BCUT2D eigenvalue weighted by molar-refractivity contribution is 6.39. The third-order valence-electron chi connectivity index (χ3n) is 5.74. The van der Waals surface area contributed by atoms with Crippen molar-refractivity contribution in [2.24, 2.45) is 0 Å². The number of carbonyl (C=O) groups is 4. The van der Waals surface area contributed by atoms with Crippen LogP contribution in [0.15, 0.2) is 60.3 Å². The number of likely N-dealkylation sites (N-methyl/N-ethyl adjacent to an activating group) is 1. The Morgan fingerprint density at radius 2 is 1.71 bits per heavy atom. The number of imide groups is 2. The molecule has 1 N–H and O–H groups in total. The Morgan fingerprint density at radius 3 is 2.41 bits per heavy atom. The fourth-order valence-corrected chi connectivity index (χ4v) is 4.01. The number of hydrogen-bond donors (Lipinski definition) is 1. The maximum atomic E-state index is 14.3. The fourth-order valence-electron chi connectivity index (χ4n) is 4.01. The number of benzene rings is 2. The maximum absolute atomic E-state index is 14.3. The fraction of sp³-hybridized carbons (Fsp3) is 0.200. The number of amides is 5. The summed E-state index contributed by atoms with van der Waals surface area (Å²) in [5.41, 5.74) is 0.696. The smallest absolute Gasteiger partial charge is 0.336 e. The van der Waals surface area contributed by atoms with E-state index in [1.54, 1.807) is 21.7 Å². The normalized spacial score (nSPS) is 15.2. The van der Waals surface area contributed by atoms with E-state index >= 15 is 0 Å². The van der Waals surface area contributed by atoms with E-state index in [0.29, 0.717) is 23.6 Å². The van der Waals surface area contributed by atoms with Crippen LogP contribution in [0.1, 0.15) is 19.4 Å². The number of rotatable bonds is 6. The molecule has 2 aromatic carbocycles. The summed E-state index contributed by atoms with van der Waals surface area (Å²) in [7, 11) is 0. The number of nitrogens with zero attached hydrogens (tertiary/aromatic N) is 3. The van der Waals surface area contributed by atoms with Gasteiger partial charge in [-0.25, -0.2) is 14.1 Å². The average molecular weight is 462 g/mol. The van der Waals surface area contributed by atoms with Crippen molar-refractivity contribution >= 4 is 46.4 Å². The van der Waals surface area contributed by atoms with Crippen LogP contribution in [-0.4, -0.2) is 46.3 Å². The number of halogens is 1. The van der Waals surface area contributed by atoms with Gasteiger partial charge in [-0.2, -0.15) is 0 Å². The topological polar surface area (TPSA) is 91.7 Å². The lowest BCUT2D eigenvalue weighted by Gasteiger charge is -2.26. The van der Waals surface area contributed by atoms with Crippen LogP contribution in [0.4, 0.5) is 14.9 Å². The lowest BCUT2D eigenvalue weighted by molar-refractivity contribution is -0.131. The molecule has 1 saturated heterocycles. The average Bonchev–Trinajstić information content (AvgIpc) is 3.16. The minimum absolute atomic E-state index is 0.0623. The molecular weight excluding hydrogens is 439 g/mol. The number of urea groups is 1. The molecule has 0 saturated carbocycles. The molecule has 2 heterocycles. The zero-order chi connectivity index (χ0) is 24.4. The van der Waals surface area contributed by atoms with Gasteiger partial charge in [0.15, 0.2) is 0 Å². The van der Waals surface area contributed by atoms with E-state index in [4.69, 9.17) is 0 Å². The summed E-state index contributed by atoms with van der Waals surface area (Å²) in [5, 5.41) is 2.82. The van der Waals surface area contributed by atoms with Crippen molar-refractivity contribution in [3.8, 4) is 0 Å². The lowest BCUT2D eigenvalue weighted by Crippen LogP contribution is -2.54. The molecule has 174 valence electrons. The van der Waals surface area contributed by atoms with Crippen LogP contribution in [0.25, 0.3) is 17.0 Å². The molecule has 3 aromatic rings. The van der Waals surface area contributed by atoms with Gasteiger partial charge < -0.3 is 9.47 Å². The van der Waals surface area contributed by atoms with Crippen LogP contribution in [0.3, 0.4) is 0 Å². The first-order chi connectivity index (χ1) is 16.3. The van der Waals surface area contributed by atoms with E-state index in [1.165, 1.54) is 24.3 Å². The number of aromatic nitrogens is 1. The van der Waals surface area contributed by atoms with Gasteiger partial charge in [0.2, 0.25) is 5.91 Å². The van der Waals surface area contributed by atoms with Gasteiger partial charge in [-0.05, 0) is 38.1 Å². The number of para-hydroxylation sites is 2. The van der Waals surface area contributed by atoms with Gasteiger partial charge in [-0.1, -0.05) is 30.3 Å². The molecule has 8 nitrogen and oxygen atoms in total. The number of hydrogen-bond acceptors (Lipinski definition) is 4. The second-order valence-corrected chi connectivity index (χ2v) is 7.70. The van der Waals surface area contributed by atoms with Crippen LogP contribution in [-0.2, 0) is 20.9 Å². The molecule has 0 spiro atoms. The first kappa shape index (κ1) is 22.9. The summed E-state index contributed by atoms with van der Waals surface area (Å²) in [6.07, 6.45) is 3.04. The highest BCUT2D eigenvalue weighted by Crippen LogP contribution is 2.27. The minimum Gasteiger partial charge on any atom is -0.342 e. The Bertz CT molecular complexity index is 1340. The van der Waals surface area contributed by atoms with Gasteiger partial charge in [0.1, 0.15) is 17.9 Å². The Morgan fingerprint density at radius 1 is 1.03 bits per heavy atom. The lowest BCUT2D eigenvalue weighted by atomic mass is 10.1. The molecule has 5 amide bonds. The van der Waals surface area contributed by atoms with Gasteiger partial charge in [0, 0.05) is 35.8 Å². The third kappa shape index (κ3) is 4.07. The van der Waals surface area contributed by atoms with Crippen molar-refractivity contribution in [3.63, 3.8) is 0 Å². The van der Waals surface area contributed by atoms with Crippen molar-refractivity contribution in [3.05, 3.63) is 71.7 Å². The number of nitrogens with one attached hydrogen (secondary N) is 1. The highest BCUT2D eigenvalue weighted by Gasteiger charge is 2.38. The summed E-state index contributed by atoms with van der Waals surface area (Å²) >= 11 is 0. The van der Waals surface area contributed by atoms with Gasteiger partial charge in [-0.15, -0.1) is 0 Å². The van der Waals surface area contributed by atoms with Gasteiger partial charge in [-0.3, -0.25) is 19.7 Å². The Kier molecular flexibility index (Phi) is 6.27. The predicted octanol–water partition coefficient (Wildman–Crippen LogP) is 3.32. The second-order valence-electron chi connectivity index (χ2n) is 7.70. The van der Waals surface area contributed by atoms with Gasteiger partial charge >= 0.3 is 6.03 Å². The Labute approximate surface area is 195 Å². The van der Waals surface area contributed by atoms with Crippen molar-refractivity contribution in [1.82, 2.24) is 14.8 Å². The Balaban J connectivity index is 1.76. The molecule has 1 aromatic heterocycles. The summed E-state index contributed by atoms with van der Waals surface area (Å²) < 4.78 is 16.1. The van der Waals surface area contributed by atoms with Crippen LogP contribution in [0.2, 0.25) is 0 Å². The predicted molar refractivity (Wildman–Crippen MR) is 125 cm³/mol. The summed E-state index contributed by atoms with van der Waals surface area (Å²) in [5.74, 6) is -2.65. The standard InChI is InChI=1S/C25H23FN4O4/c1-3-28(4-2)22(31)15-29-14-16(17-9-5-7-11-20(17)29)13-18-23(32)27-25(34)30(24(18)33)21-12-8-6-10-19(21)26/h5-14H,3-4,15H2,1-2H3,(H,27,32,34)/b18-13+. The molecule has 1 aliphatic heterocycles. The van der Waals surface area contributed by atoms with Crippen LogP contribution >= 0.6 is 0 Å². The van der Waals surface area contributed by atoms with E-state index in [-0.39, 0.29) is 23.7 Å². The second kappa shape index (κ2) is 9.30. The molecule has 4 rings (SSSR count). The first-order valence-electron chi connectivity index (χ1n) is 10.9. The molecular formula is C25H23FN4O4. The van der Waals surface area contributed by atoms with E-state index in [0.717, 1.165) is 17.0 Å². The highest BCUT2D eigenvalue weighted by atomic mass is 19.1. The van der Waals surface area contributed by atoms with E-state index in [9.17, 15) is 23.6 Å². The first-order valence-corrected chi connectivity index (χ1v) is 10.9. The SMILES string of the molecule is CCN(CC)C(=O)Cn1cc(/C=C2\C(=O)NC(=O)N(c3ccccc3F)C2=O)c2ccccc21. The zero-order valence-electron chi connectivity index (χ0n) is 18.7. The monoisotopic (exact) mass is 462 g/mol. The van der Waals surface area contributed by atoms with Crippen molar-refractivity contribution in [2.75, 3.05) is 18.0 Å². The Hall–Kier alpha value is -4.27. The van der Waals surface area contributed by atoms with Crippen molar-refractivity contribution < 1.29 is 23.6 Å². The van der Waals surface area contributed by atoms with Crippen LogP contribution < -0.4 is 10.2 Å². The van der Waals surface area contributed by atoms with E-state index in [2.05, 4.69) is 5.32 Å². The van der Waals surface area contributed by atoms with Gasteiger partial charge in [0.25, 0.3) is 11.8 Å². The number of anilines is 1. The maximum Gasteiger partial charge on any atom is 0.336 e. The quantitative estimate of drug-likeness (QED) is 0.449. The molecule has 1 aliphatic rings. The number of carbonyl (C=O) groups excluding carboxylic acids is 4. The molecule has 0 bridgehead atoms. The molecule has 0 unspecified atom stereocenters. The van der Waals surface area contributed by atoms with Crippen LogP contribution in [0, 0.1) is 5.82 Å². The molecule has 34 heavy (non-hydrogen) atoms. The largest absolute Gasteiger partial charge is 0.342 e.